The van der Waals surface area contributed by atoms with E-state index < -0.39 is 23.2 Å². The highest BCUT2D eigenvalue weighted by atomic mass is 19.1. The first-order valence-electron chi connectivity index (χ1n) is 12.0. The van der Waals surface area contributed by atoms with Crippen molar-refractivity contribution in [3.05, 3.63) is 69.4 Å². The Bertz CT molecular complexity index is 1530. The minimum absolute atomic E-state index is 0.00311. The van der Waals surface area contributed by atoms with Gasteiger partial charge in [0.2, 0.25) is 5.95 Å². The minimum atomic E-state index is -0.711. The molecule has 0 radical (unpaired) electrons. The van der Waals surface area contributed by atoms with Crippen molar-refractivity contribution in [2.24, 2.45) is 0 Å². The molecular formula is C25H27F2N7O3. The Morgan fingerprint density at radius 2 is 1.92 bits per heavy atom. The monoisotopic (exact) mass is 511 g/mol. The van der Waals surface area contributed by atoms with Gasteiger partial charge < -0.3 is 19.9 Å². The van der Waals surface area contributed by atoms with Crippen molar-refractivity contribution < 1.29 is 18.3 Å². The average molecular weight is 512 g/mol. The minimum Gasteiger partial charge on any atom is -0.383 e. The molecule has 1 aliphatic heterocycles. The van der Waals surface area contributed by atoms with Crippen LogP contribution in [0.3, 0.4) is 0 Å². The normalized spacial score (nSPS) is 14.5. The van der Waals surface area contributed by atoms with Crippen LogP contribution in [-0.2, 0) is 11.3 Å². The van der Waals surface area contributed by atoms with Gasteiger partial charge in [-0.3, -0.25) is 14.5 Å². The highest BCUT2D eigenvalue weighted by Gasteiger charge is 2.23. The van der Waals surface area contributed by atoms with Crippen LogP contribution in [0.4, 0.5) is 14.5 Å². The van der Waals surface area contributed by atoms with Crippen molar-refractivity contribution >= 4 is 28.1 Å². The number of aryl methyl sites for hydroxylation is 1. The first-order valence-corrected chi connectivity index (χ1v) is 12.0. The van der Waals surface area contributed by atoms with Crippen LogP contribution in [0.2, 0.25) is 0 Å². The van der Waals surface area contributed by atoms with Gasteiger partial charge in [-0.1, -0.05) is 6.07 Å². The van der Waals surface area contributed by atoms with Gasteiger partial charge in [-0.05, 0) is 31.2 Å². The largest absolute Gasteiger partial charge is 0.383 e. The Morgan fingerprint density at radius 3 is 2.65 bits per heavy atom. The van der Waals surface area contributed by atoms with Gasteiger partial charge in [0.25, 0.3) is 11.5 Å². The molecule has 194 valence electrons. The Labute approximate surface area is 210 Å². The molecule has 12 heteroatoms. The molecule has 4 aromatic rings. The number of methoxy groups -OCH3 is 1. The Balaban J connectivity index is 1.26. The predicted octanol–water partition coefficient (Wildman–Crippen LogP) is 1.86. The number of ether oxygens (including phenoxy) is 1. The molecule has 1 aromatic carbocycles. The molecule has 10 nitrogen and oxygen atoms in total. The molecule has 2 N–H and O–H groups in total. The number of benzene rings is 1. The van der Waals surface area contributed by atoms with Crippen LogP contribution in [0.25, 0.3) is 16.6 Å². The topological polar surface area (TPSA) is 108 Å². The van der Waals surface area contributed by atoms with Crippen LogP contribution in [-0.4, -0.2) is 76.8 Å². The quantitative estimate of drug-likeness (QED) is 0.288. The zero-order valence-corrected chi connectivity index (χ0v) is 20.6. The van der Waals surface area contributed by atoms with E-state index in [0.717, 1.165) is 0 Å². The van der Waals surface area contributed by atoms with Crippen LogP contribution in [0.15, 0.2) is 35.1 Å². The number of amides is 1. The molecule has 0 unspecified atom stereocenters. The molecule has 0 spiro atoms. The van der Waals surface area contributed by atoms with Crippen molar-refractivity contribution in [3.63, 3.8) is 0 Å². The molecule has 3 aromatic heterocycles. The maximum absolute atomic E-state index is 15.4. The maximum atomic E-state index is 15.4. The van der Waals surface area contributed by atoms with E-state index in [4.69, 9.17) is 4.74 Å². The van der Waals surface area contributed by atoms with E-state index in [-0.39, 0.29) is 11.2 Å². The van der Waals surface area contributed by atoms with Crippen molar-refractivity contribution in [2.75, 3.05) is 51.3 Å². The van der Waals surface area contributed by atoms with E-state index in [9.17, 15) is 14.0 Å². The van der Waals surface area contributed by atoms with Crippen molar-refractivity contribution in [1.82, 2.24) is 29.8 Å². The number of carbonyl (C=O) groups is 1. The summed E-state index contributed by atoms with van der Waals surface area (Å²) in [7, 11) is 1.53. The second kappa shape index (κ2) is 10.2. The summed E-state index contributed by atoms with van der Waals surface area (Å²) in [5.41, 5.74) is 2.04. The maximum Gasteiger partial charge on any atom is 0.274 e. The summed E-state index contributed by atoms with van der Waals surface area (Å²) in [6.45, 7) is 4.95. The van der Waals surface area contributed by atoms with Crippen LogP contribution in [0, 0.1) is 18.7 Å². The number of piperazine rings is 1. The first kappa shape index (κ1) is 24.8. The number of rotatable bonds is 7. The SMILES string of the molecule is COCCNC(=O)c1ccc(N2CCN(Cc3ccc4c([nH]c(=O)c5cc(C)nn54)c3F)CC2)c(F)n1. The van der Waals surface area contributed by atoms with Gasteiger partial charge in [-0.25, -0.2) is 13.9 Å². The molecule has 0 atom stereocenters. The number of carbonyl (C=O) groups excluding carboxylic acids is 1. The van der Waals surface area contributed by atoms with Gasteiger partial charge >= 0.3 is 0 Å². The van der Waals surface area contributed by atoms with Crippen LogP contribution in [0.1, 0.15) is 21.7 Å². The molecule has 0 bridgehead atoms. The highest BCUT2D eigenvalue weighted by Crippen LogP contribution is 2.23. The molecule has 0 aliphatic carbocycles. The van der Waals surface area contributed by atoms with E-state index in [1.165, 1.54) is 17.7 Å². The number of H-pyrrole nitrogens is 1. The molecule has 37 heavy (non-hydrogen) atoms. The van der Waals surface area contributed by atoms with Gasteiger partial charge in [-0.15, -0.1) is 0 Å². The third-order valence-corrected chi connectivity index (χ3v) is 6.49. The number of hydrogen-bond acceptors (Lipinski definition) is 7. The second-order valence-electron chi connectivity index (χ2n) is 8.99. The summed E-state index contributed by atoms with van der Waals surface area (Å²) < 4.78 is 36.5. The Kier molecular flexibility index (Phi) is 6.85. The zero-order chi connectivity index (χ0) is 26.1. The van der Waals surface area contributed by atoms with Gasteiger partial charge in [0.1, 0.15) is 16.7 Å². The highest BCUT2D eigenvalue weighted by molar-refractivity contribution is 5.92. The fourth-order valence-corrected chi connectivity index (χ4v) is 4.58. The molecule has 1 aliphatic rings. The molecule has 1 amide bonds. The van der Waals surface area contributed by atoms with Crippen LogP contribution in [0.5, 0.6) is 0 Å². The van der Waals surface area contributed by atoms with Crippen LogP contribution >= 0.6 is 0 Å². The van der Waals surface area contributed by atoms with Gasteiger partial charge in [0, 0.05) is 51.9 Å². The summed E-state index contributed by atoms with van der Waals surface area (Å²) in [6, 6.07) is 8.18. The van der Waals surface area contributed by atoms with E-state index in [2.05, 4.69) is 25.3 Å². The van der Waals surface area contributed by atoms with Crippen molar-refractivity contribution in [2.45, 2.75) is 13.5 Å². The lowest BCUT2D eigenvalue weighted by atomic mass is 10.1. The number of fused-ring (bicyclic) bond motifs is 3. The van der Waals surface area contributed by atoms with Crippen molar-refractivity contribution in [3.8, 4) is 0 Å². The number of aromatic nitrogens is 4. The standard InChI is InChI=1S/C25H27F2N7O3/c1-15-13-20-25(36)30-22-18(34(20)31-15)5-3-16(21(22)26)14-32-8-10-33(11-9-32)19-6-4-17(29-23(19)27)24(35)28-7-12-37-2/h3-6,13H,7-12,14H2,1-2H3,(H,28,35)(H,30,36). The Hall–Kier alpha value is -3.90. The van der Waals surface area contributed by atoms with Gasteiger partial charge in [-0.2, -0.15) is 9.49 Å². The van der Waals surface area contributed by atoms with E-state index in [1.807, 2.05) is 4.90 Å². The Morgan fingerprint density at radius 1 is 1.14 bits per heavy atom. The third kappa shape index (κ3) is 4.89. The molecule has 1 saturated heterocycles. The summed E-state index contributed by atoms with van der Waals surface area (Å²) in [4.78, 5) is 34.9. The van der Waals surface area contributed by atoms with E-state index >= 15 is 4.39 Å². The number of pyridine rings is 1. The van der Waals surface area contributed by atoms with Crippen molar-refractivity contribution in [1.29, 1.82) is 0 Å². The predicted molar refractivity (Wildman–Crippen MR) is 134 cm³/mol. The first-order chi connectivity index (χ1) is 17.9. The van der Waals surface area contributed by atoms with E-state index in [0.29, 0.717) is 73.9 Å². The molecular weight excluding hydrogens is 484 g/mol. The number of nitrogens with zero attached hydrogens (tertiary/aromatic N) is 5. The van der Waals surface area contributed by atoms with Crippen LogP contribution < -0.4 is 15.8 Å². The number of anilines is 1. The number of hydrogen-bond donors (Lipinski definition) is 2. The lowest BCUT2D eigenvalue weighted by molar-refractivity contribution is 0.0931. The fraction of sp³-hybridized carbons (Fsp3) is 0.360. The molecule has 1 fully saturated rings. The lowest BCUT2D eigenvalue weighted by Crippen LogP contribution is -2.46. The smallest absolute Gasteiger partial charge is 0.274 e. The second-order valence-corrected chi connectivity index (χ2v) is 8.99. The van der Waals surface area contributed by atoms with Gasteiger partial charge in [0.15, 0.2) is 5.82 Å². The molecule has 5 rings (SSSR count). The zero-order valence-electron chi connectivity index (χ0n) is 20.6. The summed E-state index contributed by atoms with van der Waals surface area (Å²) in [5, 5.41) is 6.93. The average Bonchev–Trinajstić information content (AvgIpc) is 3.29. The summed E-state index contributed by atoms with van der Waals surface area (Å²) in [5.74, 6) is -1.66. The molecule has 0 saturated carbocycles. The van der Waals surface area contributed by atoms with E-state index in [1.54, 1.807) is 31.2 Å². The third-order valence-electron chi connectivity index (χ3n) is 6.49. The molecule has 4 heterocycles. The fourth-order valence-electron chi connectivity index (χ4n) is 4.58. The van der Waals surface area contributed by atoms with Gasteiger partial charge in [0.05, 0.1) is 23.5 Å². The number of nitrogens with one attached hydrogen (secondary N) is 2. The lowest BCUT2D eigenvalue weighted by Gasteiger charge is -2.36. The summed E-state index contributed by atoms with van der Waals surface area (Å²) >= 11 is 0. The number of aromatic amines is 1. The number of halogens is 2. The summed E-state index contributed by atoms with van der Waals surface area (Å²) in [6.07, 6.45) is 0.